The van der Waals surface area contributed by atoms with E-state index in [9.17, 15) is 10.1 Å². The SMILES string of the molecule is CCNC(=O)[C@@]1(OCc2ccccc2C#N)C[C@H](OCC2CC2)[C@@H]2OC(C)(C)O[C@@H]2C1. The topological polar surface area (TPSA) is 89.8 Å². The van der Waals surface area contributed by atoms with Crippen molar-refractivity contribution in [2.24, 2.45) is 5.92 Å². The molecule has 168 valence electrons. The molecular formula is C24H32N2O5. The van der Waals surface area contributed by atoms with Crippen LogP contribution in [0.15, 0.2) is 24.3 Å². The maximum Gasteiger partial charge on any atom is 0.252 e. The molecule has 1 aromatic carbocycles. The second kappa shape index (κ2) is 8.87. The van der Waals surface area contributed by atoms with Gasteiger partial charge in [-0.05, 0) is 51.2 Å². The zero-order valence-corrected chi connectivity index (χ0v) is 18.6. The van der Waals surface area contributed by atoms with E-state index >= 15 is 0 Å². The summed E-state index contributed by atoms with van der Waals surface area (Å²) in [5, 5.41) is 12.4. The highest BCUT2D eigenvalue weighted by molar-refractivity contribution is 5.85. The van der Waals surface area contributed by atoms with Gasteiger partial charge in [0.05, 0.1) is 30.4 Å². The molecule has 0 radical (unpaired) electrons. The largest absolute Gasteiger partial charge is 0.375 e. The van der Waals surface area contributed by atoms with Crippen molar-refractivity contribution < 1.29 is 23.7 Å². The van der Waals surface area contributed by atoms with Crippen molar-refractivity contribution in [2.45, 2.75) is 82.8 Å². The zero-order valence-electron chi connectivity index (χ0n) is 18.6. The van der Waals surface area contributed by atoms with Gasteiger partial charge in [-0.2, -0.15) is 5.26 Å². The van der Waals surface area contributed by atoms with Crippen molar-refractivity contribution in [1.82, 2.24) is 5.32 Å². The third-order valence-electron chi connectivity index (χ3n) is 6.29. The molecule has 1 heterocycles. The van der Waals surface area contributed by atoms with Crippen molar-refractivity contribution in [3.63, 3.8) is 0 Å². The molecule has 1 aliphatic heterocycles. The summed E-state index contributed by atoms with van der Waals surface area (Å²) < 4.78 is 25.0. The molecule has 1 aromatic rings. The third-order valence-corrected chi connectivity index (χ3v) is 6.29. The van der Waals surface area contributed by atoms with E-state index in [0.717, 1.165) is 5.56 Å². The summed E-state index contributed by atoms with van der Waals surface area (Å²) >= 11 is 0. The van der Waals surface area contributed by atoms with Gasteiger partial charge in [-0.15, -0.1) is 0 Å². The fourth-order valence-electron chi connectivity index (χ4n) is 4.55. The minimum absolute atomic E-state index is 0.165. The van der Waals surface area contributed by atoms with Gasteiger partial charge >= 0.3 is 0 Å². The van der Waals surface area contributed by atoms with Gasteiger partial charge in [0, 0.05) is 26.0 Å². The first-order valence-electron chi connectivity index (χ1n) is 11.2. The van der Waals surface area contributed by atoms with Crippen molar-refractivity contribution in [3.8, 4) is 6.07 Å². The first kappa shape index (κ1) is 22.2. The van der Waals surface area contributed by atoms with Crippen LogP contribution in [-0.2, 0) is 30.3 Å². The van der Waals surface area contributed by atoms with Crippen LogP contribution in [0.2, 0.25) is 0 Å². The summed E-state index contributed by atoms with van der Waals surface area (Å²) in [6.07, 6.45) is 2.31. The molecule has 7 nitrogen and oxygen atoms in total. The first-order chi connectivity index (χ1) is 14.9. The number of ether oxygens (including phenoxy) is 4. The Morgan fingerprint density at radius 1 is 1.26 bits per heavy atom. The van der Waals surface area contributed by atoms with Gasteiger partial charge in [-0.1, -0.05) is 18.2 Å². The summed E-state index contributed by atoms with van der Waals surface area (Å²) in [4.78, 5) is 13.3. The van der Waals surface area contributed by atoms with Crippen molar-refractivity contribution in [1.29, 1.82) is 5.26 Å². The first-order valence-corrected chi connectivity index (χ1v) is 11.2. The number of benzene rings is 1. The van der Waals surface area contributed by atoms with Crippen LogP contribution in [0.4, 0.5) is 0 Å². The molecule has 3 fully saturated rings. The zero-order chi connectivity index (χ0) is 22.1. The van der Waals surface area contributed by atoms with Gasteiger partial charge in [-0.25, -0.2) is 0 Å². The summed E-state index contributed by atoms with van der Waals surface area (Å²) in [6, 6.07) is 9.50. The Balaban J connectivity index is 1.59. The molecule has 0 unspecified atom stereocenters. The highest BCUT2D eigenvalue weighted by Crippen LogP contribution is 2.44. The van der Waals surface area contributed by atoms with E-state index in [2.05, 4.69) is 11.4 Å². The second-order valence-corrected chi connectivity index (χ2v) is 9.27. The Kier molecular flexibility index (Phi) is 6.36. The van der Waals surface area contributed by atoms with E-state index in [1.807, 2.05) is 39.0 Å². The van der Waals surface area contributed by atoms with Gasteiger partial charge in [-0.3, -0.25) is 4.79 Å². The Bertz CT molecular complexity index is 847. The number of nitrogens with zero attached hydrogens (tertiary/aromatic N) is 1. The lowest BCUT2D eigenvalue weighted by atomic mass is 9.78. The predicted octanol–water partition coefficient (Wildman–Crippen LogP) is 3.06. The van der Waals surface area contributed by atoms with E-state index in [1.54, 1.807) is 6.07 Å². The second-order valence-electron chi connectivity index (χ2n) is 9.27. The average molecular weight is 429 g/mol. The average Bonchev–Trinajstić information content (AvgIpc) is 3.51. The molecule has 4 atom stereocenters. The van der Waals surface area contributed by atoms with E-state index < -0.39 is 11.4 Å². The Morgan fingerprint density at radius 3 is 2.74 bits per heavy atom. The third kappa shape index (κ3) is 4.93. The van der Waals surface area contributed by atoms with Crippen LogP contribution in [0.25, 0.3) is 0 Å². The molecular weight excluding hydrogens is 396 g/mol. The minimum Gasteiger partial charge on any atom is -0.375 e. The number of rotatable bonds is 8. The van der Waals surface area contributed by atoms with Crippen LogP contribution >= 0.6 is 0 Å². The molecule has 7 heteroatoms. The standard InChI is InChI=1S/C24H32N2O5/c1-4-26-22(27)24(29-15-18-8-6-5-7-17(18)13-25)11-19(28-14-16-9-10-16)21-20(12-24)30-23(2,3)31-21/h5-8,16,19-21H,4,9-12,14-15H2,1-3H3,(H,26,27)/t19-,20+,21-,24+/m0/s1. The number of hydrogen-bond acceptors (Lipinski definition) is 6. The van der Waals surface area contributed by atoms with Crippen LogP contribution in [0.3, 0.4) is 0 Å². The molecule has 31 heavy (non-hydrogen) atoms. The van der Waals surface area contributed by atoms with Crippen LogP contribution in [0.5, 0.6) is 0 Å². The lowest BCUT2D eigenvalue weighted by Crippen LogP contribution is -2.60. The maximum absolute atomic E-state index is 13.3. The number of hydrogen-bond donors (Lipinski definition) is 1. The number of likely N-dealkylation sites (N-methyl/N-ethyl adjacent to an activating group) is 1. The van der Waals surface area contributed by atoms with E-state index in [4.69, 9.17) is 18.9 Å². The Labute approximate surface area is 184 Å². The molecule has 1 saturated heterocycles. The molecule has 0 aromatic heterocycles. The maximum atomic E-state index is 13.3. The van der Waals surface area contributed by atoms with Gasteiger partial charge in [0.25, 0.3) is 5.91 Å². The van der Waals surface area contributed by atoms with Crippen LogP contribution in [0, 0.1) is 17.2 Å². The van der Waals surface area contributed by atoms with Crippen molar-refractivity contribution in [2.75, 3.05) is 13.2 Å². The molecule has 4 rings (SSSR count). The van der Waals surface area contributed by atoms with Crippen molar-refractivity contribution in [3.05, 3.63) is 35.4 Å². The van der Waals surface area contributed by atoms with Gasteiger partial charge in [0.1, 0.15) is 6.10 Å². The molecule has 2 saturated carbocycles. The number of fused-ring (bicyclic) bond motifs is 1. The van der Waals surface area contributed by atoms with Crippen molar-refractivity contribution >= 4 is 5.91 Å². The quantitative estimate of drug-likeness (QED) is 0.685. The number of nitrogens with one attached hydrogen (secondary N) is 1. The monoisotopic (exact) mass is 428 g/mol. The highest BCUT2D eigenvalue weighted by atomic mass is 16.8. The Morgan fingerprint density at radius 2 is 2.03 bits per heavy atom. The van der Waals surface area contributed by atoms with E-state index in [0.29, 0.717) is 37.5 Å². The predicted molar refractivity (Wildman–Crippen MR) is 113 cm³/mol. The fraction of sp³-hybridized carbons (Fsp3) is 0.667. The minimum atomic E-state index is -1.11. The number of carbonyl (C=O) groups is 1. The number of nitriles is 1. The lowest BCUT2D eigenvalue weighted by molar-refractivity contribution is -0.182. The summed E-state index contributed by atoms with van der Waals surface area (Å²) in [6.45, 7) is 7.01. The van der Waals surface area contributed by atoms with Gasteiger partial charge in [0.15, 0.2) is 11.4 Å². The smallest absolute Gasteiger partial charge is 0.252 e. The molecule has 0 bridgehead atoms. The van der Waals surface area contributed by atoms with Gasteiger partial charge < -0.3 is 24.3 Å². The normalized spacial score (nSPS) is 31.6. The number of carbonyl (C=O) groups excluding carboxylic acids is 1. The molecule has 2 aliphatic carbocycles. The van der Waals surface area contributed by atoms with Gasteiger partial charge in [0.2, 0.25) is 0 Å². The molecule has 1 amide bonds. The summed E-state index contributed by atoms with van der Waals surface area (Å²) in [7, 11) is 0. The lowest BCUT2D eigenvalue weighted by Gasteiger charge is -2.43. The molecule has 0 spiro atoms. The molecule has 1 N–H and O–H groups in total. The van der Waals surface area contributed by atoms with Crippen LogP contribution in [-0.4, -0.2) is 48.8 Å². The summed E-state index contributed by atoms with van der Waals surface area (Å²) in [5.74, 6) is -0.310. The highest BCUT2D eigenvalue weighted by Gasteiger charge is 2.58. The molecule has 3 aliphatic rings. The summed E-state index contributed by atoms with van der Waals surface area (Å²) in [5.41, 5.74) is 0.193. The van der Waals surface area contributed by atoms with E-state index in [1.165, 1.54) is 12.8 Å². The van der Waals surface area contributed by atoms with Crippen LogP contribution in [0.1, 0.15) is 57.6 Å². The fourth-order valence-corrected chi connectivity index (χ4v) is 4.55. The van der Waals surface area contributed by atoms with E-state index in [-0.39, 0.29) is 30.8 Å². The Hall–Kier alpha value is -1.98. The van der Waals surface area contributed by atoms with Crippen LogP contribution < -0.4 is 5.32 Å². The number of amides is 1.